The van der Waals surface area contributed by atoms with Gasteiger partial charge in [0.15, 0.2) is 0 Å². The quantitative estimate of drug-likeness (QED) is 0.896. The molecule has 0 aliphatic heterocycles. The molecular formula is C13H13FN4. The van der Waals surface area contributed by atoms with Crippen LogP contribution >= 0.6 is 0 Å². The number of nitriles is 1. The molecule has 0 aliphatic rings. The summed E-state index contributed by atoms with van der Waals surface area (Å²) in [5.41, 5.74) is 0.926. The number of hydrogen-bond acceptors (Lipinski definition) is 3. The van der Waals surface area contributed by atoms with Crippen molar-refractivity contribution in [3.8, 4) is 6.07 Å². The van der Waals surface area contributed by atoms with Gasteiger partial charge in [-0.05, 0) is 18.2 Å². The number of rotatable bonds is 4. The molecule has 4 nitrogen and oxygen atoms in total. The lowest BCUT2D eigenvalue weighted by Gasteiger charge is -2.07. The van der Waals surface area contributed by atoms with Crippen LogP contribution in [0.2, 0.25) is 0 Å². The highest BCUT2D eigenvalue weighted by Crippen LogP contribution is 2.13. The number of aromatic nitrogens is 2. The fourth-order valence-corrected chi connectivity index (χ4v) is 1.71. The van der Waals surface area contributed by atoms with Crippen LogP contribution in [0.15, 0.2) is 30.6 Å². The van der Waals surface area contributed by atoms with Crippen molar-refractivity contribution in [2.45, 2.75) is 6.42 Å². The number of aryl methyl sites for hydroxylation is 1. The van der Waals surface area contributed by atoms with E-state index in [0.717, 1.165) is 12.2 Å². The molecule has 0 saturated carbocycles. The Hall–Kier alpha value is -2.35. The van der Waals surface area contributed by atoms with Gasteiger partial charge in [-0.25, -0.2) is 9.37 Å². The van der Waals surface area contributed by atoms with Crippen molar-refractivity contribution in [3.63, 3.8) is 0 Å². The molecule has 0 radical (unpaired) electrons. The number of imidazole rings is 1. The summed E-state index contributed by atoms with van der Waals surface area (Å²) >= 11 is 0. The first-order chi connectivity index (χ1) is 8.69. The van der Waals surface area contributed by atoms with Crippen molar-refractivity contribution in [2.24, 2.45) is 7.05 Å². The summed E-state index contributed by atoms with van der Waals surface area (Å²) in [5.74, 6) is 0.549. The number of anilines is 1. The molecule has 1 heterocycles. The number of halogens is 1. The molecule has 1 aromatic heterocycles. The second-order valence-corrected chi connectivity index (χ2v) is 3.97. The van der Waals surface area contributed by atoms with Crippen molar-refractivity contribution in [2.75, 3.05) is 11.9 Å². The van der Waals surface area contributed by atoms with Crippen LogP contribution in [0.25, 0.3) is 0 Å². The largest absolute Gasteiger partial charge is 0.384 e. The molecule has 5 heteroatoms. The van der Waals surface area contributed by atoms with Crippen molar-refractivity contribution in [1.29, 1.82) is 5.26 Å². The maximum absolute atomic E-state index is 13.2. The van der Waals surface area contributed by atoms with Crippen LogP contribution in [0.4, 0.5) is 10.1 Å². The zero-order valence-corrected chi connectivity index (χ0v) is 10.0. The van der Waals surface area contributed by atoms with E-state index in [-0.39, 0.29) is 0 Å². The van der Waals surface area contributed by atoms with Gasteiger partial charge in [0.25, 0.3) is 0 Å². The topological polar surface area (TPSA) is 53.6 Å². The lowest BCUT2D eigenvalue weighted by molar-refractivity contribution is 0.627. The van der Waals surface area contributed by atoms with Crippen LogP contribution in [0.1, 0.15) is 11.4 Å². The van der Waals surface area contributed by atoms with Crippen molar-refractivity contribution >= 4 is 5.69 Å². The highest BCUT2D eigenvalue weighted by molar-refractivity contribution is 5.49. The Kier molecular flexibility index (Phi) is 3.58. The second-order valence-electron chi connectivity index (χ2n) is 3.97. The summed E-state index contributed by atoms with van der Waals surface area (Å²) < 4.78 is 15.1. The van der Waals surface area contributed by atoms with Gasteiger partial charge in [0, 0.05) is 38.1 Å². The predicted molar refractivity (Wildman–Crippen MR) is 66.5 cm³/mol. The van der Waals surface area contributed by atoms with Crippen LogP contribution in [-0.4, -0.2) is 16.1 Å². The number of benzene rings is 1. The fourth-order valence-electron chi connectivity index (χ4n) is 1.71. The van der Waals surface area contributed by atoms with Gasteiger partial charge in [-0.2, -0.15) is 5.26 Å². The Bertz CT molecular complexity index is 583. The van der Waals surface area contributed by atoms with E-state index in [1.165, 1.54) is 12.1 Å². The molecule has 0 amide bonds. The van der Waals surface area contributed by atoms with E-state index in [1.54, 1.807) is 12.3 Å². The van der Waals surface area contributed by atoms with Crippen molar-refractivity contribution < 1.29 is 4.39 Å². The molecule has 0 atom stereocenters. The standard InChI is InChI=1S/C13H13FN4/c1-18-5-4-17-13(18)2-3-16-12-7-10(9-15)6-11(14)8-12/h4-8,16H,2-3H2,1H3. The van der Waals surface area contributed by atoms with E-state index in [0.29, 0.717) is 17.8 Å². The van der Waals surface area contributed by atoms with Crippen molar-refractivity contribution in [3.05, 3.63) is 47.8 Å². The third-order valence-electron chi connectivity index (χ3n) is 2.63. The number of nitrogens with one attached hydrogen (secondary N) is 1. The third-order valence-corrected chi connectivity index (χ3v) is 2.63. The fraction of sp³-hybridized carbons (Fsp3) is 0.231. The van der Waals surface area contributed by atoms with E-state index in [4.69, 9.17) is 5.26 Å². The Morgan fingerprint density at radius 1 is 1.44 bits per heavy atom. The molecule has 92 valence electrons. The third kappa shape index (κ3) is 2.86. The predicted octanol–water partition coefficient (Wildman–Crippen LogP) is 2.09. The van der Waals surface area contributed by atoms with Gasteiger partial charge in [0.2, 0.25) is 0 Å². The first kappa shape index (κ1) is 12.1. The SMILES string of the molecule is Cn1ccnc1CCNc1cc(F)cc(C#N)c1. The zero-order chi connectivity index (χ0) is 13.0. The van der Waals surface area contributed by atoms with E-state index >= 15 is 0 Å². The molecule has 0 saturated heterocycles. The maximum atomic E-state index is 13.2. The maximum Gasteiger partial charge on any atom is 0.126 e. The van der Waals surface area contributed by atoms with Crippen LogP contribution in [-0.2, 0) is 13.5 Å². The summed E-state index contributed by atoms with van der Waals surface area (Å²) in [6.07, 6.45) is 4.36. The lowest BCUT2D eigenvalue weighted by atomic mass is 10.2. The lowest BCUT2D eigenvalue weighted by Crippen LogP contribution is -2.08. The Morgan fingerprint density at radius 2 is 2.28 bits per heavy atom. The normalized spacial score (nSPS) is 10.1. The molecule has 1 aromatic carbocycles. The zero-order valence-electron chi connectivity index (χ0n) is 10.0. The van der Waals surface area contributed by atoms with E-state index in [2.05, 4.69) is 10.3 Å². The summed E-state index contributed by atoms with van der Waals surface area (Å²) in [6, 6.07) is 6.14. The highest BCUT2D eigenvalue weighted by atomic mass is 19.1. The van der Waals surface area contributed by atoms with Crippen LogP contribution in [0.5, 0.6) is 0 Å². The molecule has 0 spiro atoms. The van der Waals surface area contributed by atoms with Gasteiger partial charge in [-0.1, -0.05) is 0 Å². The average molecular weight is 244 g/mol. The Balaban J connectivity index is 1.97. The smallest absolute Gasteiger partial charge is 0.126 e. The monoisotopic (exact) mass is 244 g/mol. The molecule has 0 unspecified atom stereocenters. The van der Waals surface area contributed by atoms with E-state index < -0.39 is 5.82 Å². The second kappa shape index (κ2) is 5.32. The molecule has 18 heavy (non-hydrogen) atoms. The average Bonchev–Trinajstić information content (AvgIpc) is 2.74. The Morgan fingerprint density at radius 3 is 2.94 bits per heavy atom. The van der Waals surface area contributed by atoms with Gasteiger partial charge >= 0.3 is 0 Å². The van der Waals surface area contributed by atoms with E-state index in [1.807, 2.05) is 23.9 Å². The molecule has 0 bridgehead atoms. The van der Waals surface area contributed by atoms with Crippen LogP contribution in [0, 0.1) is 17.1 Å². The molecular weight excluding hydrogens is 231 g/mol. The van der Waals surface area contributed by atoms with Gasteiger partial charge in [-0.15, -0.1) is 0 Å². The minimum absolute atomic E-state index is 0.314. The van der Waals surface area contributed by atoms with Crippen LogP contribution in [0.3, 0.4) is 0 Å². The van der Waals surface area contributed by atoms with Gasteiger partial charge in [0.05, 0.1) is 11.6 Å². The minimum Gasteiger partial charge on any atom is -0.384 e. The number of hydrogen-bond donors (Lipinski definition) is 1. The summed E-state index contributed by atoms with van der Waals surface area (Å²) in [4.78, 5) is 4.19. The molecule has 0 aliphatic carbocycles. The first-order valence-corrected chi connectivity index (χ1v) is 5.60. The molecule has 2 rings (SSSR count). The van der Waals surface area contributed by atoms with Crippen molar-refractivity contribution in [1.82, 2.24) is 9.55 Å². The van der Waals surface area contributed by atoms with Gasteiger partial charge in [0.1, 0.15) is 11.6 Å². The van der Waals surface area contributed by atoms with Gasteiger partial charge < -0.3 is 9.88 Å². The molecule has 1 N–H and O–H groups in total. The minimum atomic E-state index is -0.409. The van der Waals surface area contributed by atoms with Crippen LogP contribution < -0.4 is 5.32 Å². The number of nitrogens with zero attached hydrogens (tertiary/aromatic N) is 3. The van der Waals surface area contributed by atoms with E-state index in [9.17, 15) is 4.39 Å². The summed E-state index contributed by atoms with van der Waals surface area (Å²) in [5, 5.41) is 11.8. The summed E-state index contributed by atoms with van der Waals surface area (Å²) in [7, 11) is 1.93. The summed E-state index contributed by atoms with van der Waals surface area (Å²) in [6.45, 7) is 0.638. The first-order valence-electron chi connectivity index (χ1n) is 5.60. The van der Waals surface area contributed by atoms with Gasteiger partial charge in [-0.3, -0.25) is 0 Å². The Labute approximate surface area is 105 Å². The molecule has 0 fully saturated rings. The molecule has 2 aromatic rings. The highest BCUT2D eigenvalue weighted by Gasteiger charge is 2.02.